The summed E-state index contributed by atoms with van der Waals surface area (Å²) in [5.41, 5.74) is 4.49. The van der Waals surface area contributed by atoms with E-state index < -0.39 is 5.41 Å². The molecule has 0 fully saturated rings. The van der Waals surface area contributed by atoms with Gasteiger partial charge in [-0.25, -0.2) is 14.1 Å². The van der Waals surface area contributed by atoms with Gasteiger partial charge in [-0.2, -0.15) is 10.4 Å². The third-order valence-corrected chi connectivity index (χ3v) is 8.67. The number of aromatic nitrogens is 3. The van der Waals surface area contributed by atoms with Gasteiger partial charge in [-0.1, -0.05) is 49.5 Å². The van der Waals surface area contributed by atoms with Crippen LogP contribution in [0.4, 0.5) is 4.39 Å². The molecular formula is C28H23FN4OS. The van der Waals surface area contributed by atoms with Crippen molar-refractivity contribution < 1.29 is 9.18 Å². The number of halogens is 1. The number of carbonyl (C=O) groups is 1. The summed E-state index contributed by atoms with van der Waals surface area (Å²) in [4.78, 5) is 17.8. The van der Waals surface area contributed by atoms with E-state index in [1.807, 2.05) is 36.7 Å². The van der Waals surface area contributed by atoms with Crippen LogP contribution in [0.15, 0.2) is 54.1 Å². The van der Waals surface area contributed by atoms with Crippen molar-refractivity contribution in [2.45, 2.75) is 39.0 Å². The molecule has 0 unspecified atom stereocenters. The number of rotatable bonds is 2. The lowest BCUT2D eigenvalue weighted by Gasteiger charge is -2.45. The first kappa shape index (κ1) is 21.9. The Hall–Kier alpha value is -3.63. The molecule has 2 aromatic heterocycles. The van der Waals surface area contributed by atoms with Gasteiger partial charge >= 0.3 is 0 Å². The van der Waals surface area contributed by atoms with Gasteiger partial charge in [-0.05, 0) is 55.5 Å². The molecule has 2 aliphatic rings. The average molecular weight is 483 g/mol. The first-order valence-corrected chi connectivity index (χ1v) is 12.6. The lowest BCUT2D eigenvalue weighted by Crippen LogP contribution is -2.46. The molecule has 5 nitrogen and oxygen atoms in total. The zero-order valence-electron chi connectivity index (χ0n) is 19.7. The molecule has 6 rings (SSSR count). The molecule has 0 radical (unpaired) electrons. The van der Waals surface area contributed by atoms with Gasteiger partial charge in [0.25, 0.3) is 0 Å². The number of hydrogen-bond acceptors (Lipinski definition) is 5. The van der Waals surface area contributed by atoms with E-state index in [2.05, 4.69) is 25.1 Å². The van der Waals surface area contributed by atoms with Crippen molar-refractivity contribution in [3.63, 3.8) is 0 Å². The summed E-state index contributed by atoms with van der Waals surface area (Å²) in [6, 6.07) is 15.0. The molecular weight excluding hydrogens is 459 g/mol. The molecule has 0 saturated heterocycles. The van der Waals surface area contributed by atoms with Gasteiger partial charge in [0, 0.05) is 22.5 Å². The Balaban J connectivity index is 1.68. The molecule has 35 heavy (non-hydrogen) atoms. The highest BCUT2D eigenvalue weighted by molar-refractivity contribution is 7.20. The highest BCUT2D eigenvalue weighted by atomic mass is 32.1. The van der Waals surface area contributed by atoms with Crippen molar-refractivity contribution in [3.8, 4) is 22.5 Å². The van der Waals surface area contributed by atoms with Crippen LogP contribution in [0.25, 0.3) is 26.6 Å². The summed E-state index contributed by atoms with van der Waals surface area (Å²) >= 11 is 1.53. The van der Waals surface area contributed by atoms with E-state index in [0.717, 1.165) is 33.5 Å². The van der Waals surface area contributed by atoms with Gasteiger partial charge in [-0.3, -0.25) is 4.79 Å². The molecule has 0 aliphatic heterocycles. The molecule has 174 valence electrons. The Morgan fingerprint density at radius 2 is 2.06 bits per heavy atom. The number of thiazole rings is 1. The second kappa shape index (κ2) is 7.69. The number of hydrogen-bond donors (Lipinski definition) is 0. The standard InChI is InChI=1S/C28H23FN4OS/c1-15-8-11-23-22(12-15)31-27(35-23)33-26-19(24(32-33)18-6-4-5-7-21(18)29)9-10-20-16(2)25(34)17(14-30)13-28(20,26)3/h4-8,11-13,16,20H,9-10H2,1-3H3/t16-,20-,28-/m1/s1. The SMILES string of the molecule is Cc1ccc2sc(-n3nc(-c4ccccc4F)c4c3[C@]3(C)C=C(C#N)C(=O)[C@H](C)[C@H]3CC4)nc2c1. The Labute approximate surface area is 206 Å². The summed E-state index contributed by atoms with van der Waals surface area (Å²) < 4.78 is 17.9. The van der Waals surface area contributed by atoms with E-state index >= 15 is 0 Å². The van der Waals surface area contributed by atoms with Crippen LogP contribution in [-0.2, 0) is 16.6 Å². The normalized spacial score (nSPS) is 23.5. The summed E-state index contributed by atoms with van der Waals surface area (Å²) in [6.07, 6.45) is 3.26. The monoisotopic (exact) mass is 482 g/mol. The van der Waals surface area contributed by atoms with Crippen LogP contribution < -0.4 is 0 Å². The van der Waals surface area contributed by atoms with E-state index in [4.69, 9.17) is 10.1 Å². The lowest BCUT2D eigenvalue weighted by atomic mass is 9.58. The summed E-state index contributed by atoms with van der Waals surface area (Å²) in [6.45, 7) is 6.03. The molecule has 4 aromatic rings. The fraction of sp³-hybridized carbons (Fsp3) is 0.286. The molecule has 7 heteroatoms. The molecule has 2 aliphatic carbocycles. The fourth-order valence-corrected chi connectivity index (χ4v) is 6.88. The van der Waals surface area contributed by atoms with Crippen molar-refractivity contribution in [2.75, 3.05) is 0 Å². The van der Waals surface area contributed by atoms with Gasteiger partial charge in [0.1, 0.15) is 11.9 Å². The van der Waals surface area contributed by atoms with Crippen LogP contribution in [0.1, 0.15) is 37.1 Å². The molecule has 2 heterocycles. The van der Waals surface area contributed by atoms with Crippen LogP contribution in [-0.4, -0.2) is 20.5 Å². The number of nitrogens with zero attached hydrogens (tertiary/aromatic N) is 4. The van der Waals surface area contributed by atoms with Crippen molar-refractivity contribution in [3.05, 3.63) is 76.8 Å². The van der Waals surface area contributed by atoms with Crippen molar-refractivity contribution in [1.82, 2.24) is 14.8 Å². The van der Waals surface area contributed by atoms with Crippen LogP contribution in [0.2, 0.25) is 0 Å². The zero-order valence-corrected chi connectivity index (χ0v) is 20.5. The van der Waals surface area contributed by atoms with E-state index in [1.165, 1.54) is 17.4 Å². The first-order chi connectivity index (χ1) is 16.8. The Bertz CT molecular complexity index is 1610. The number of benzene rings is 2. The number of Topliss-reactive ketones (excluding diaryl/α,β-unsaturated/α-hetero) is 1. The second-order valence-corrected chi connectivity index (χ2v) is 10.8. The Morgan fingerprint density at radius 3 is 2.83 bits per heavy atom. The van der Waals surface area contributed by atoms with E-state index in [9.17, 15) is 14.4 Å². The first-order valence-electron chi connectivity index (χ1n) is 11.7. The molecule has 0 N–H and O–H groups in total. The topological polar surface area (TPSA) is 71.6 Å². The number of fused-ring (bicyclic) bond motifs is 4. The van der Waals surface area contributed by atoms with Gasteiger partial charge < -0.3 is 0 Å². The van der Waals surface area contributed by atoms with Crippen molar-refractivity contribution in [2.24, 2.45) is 11.8 Å². The molecule has 0 saturated carbocycles. The number of carbonyl (C=O) groups excluding carboxylic acids is 1. The fourth-order valence-electron chi connectivity index (χ4n) is 5.97. The van der Waals surface area contributed by atoms with Crippen LogP contribution in [0, 0.1) is 35.9 Å². The van der Waals surface area contributed by atoms with Crippen LogP contribution >= 0.6 is 11.3 Å². The number of ketones is 1. The molecule has 0 amide bonds. The van der Waals surface area contributed by atoms with Crippen LogP contribution in [0.5, 0.6) is 0 Å². The highest BCUT2D eigenvalue weighted by Crippen LogP contribution is 2.52. The third-order valence-electron chi connectivity index (χ3n) is 7.66. The molecule has 2 aromatic carbocycles. The van der Waals surface area contributed by atoms with Gasteiger partial charge in [0.05, 0.1) is 27.2 Å². The smallest absolute Gasteiger partial charge is 0.211 e. The van der Waals surface area contributed by atoms with E-state index in [1.54, 1.807) is 12.1 Å². The minimum absolute atomic E-state index is 0.0140. The van der Waals surface area contributed by atoms with E-state index in [0.29, 0.717) is 22.8 Å². The minimum atomic E-state index is -0.615. The Morgan fingerprint density at radius 1 is 1.26 bits per heavy atom. The molecule has 0 bridgehead atoms. The average Bonchev–Trinajstić information content (AvgIpc) is 3.43. The quantitative estimate of drug-likeness (QED) is 0.347. The number of allylic oxidation sites excluding steroid dienone is 2. The predicted octanol–water partition coefficient (Wildman–Crippen LogP) is 6.09. The summed E-state index contributed by atoms with van der Waals surface area (Å²) in [7, 11) is 0. The van der Waals surface area contributed by atoms with Gasteiger partial charge in [0.15, 0.2) is 5.78 Å². The second-order valence-electron chi connectivity index (χ2n) is 9.79. The predicted molar refractivity (Wildman–Crippen MR) is 134 cm³/mol. The largest absolute Gasteiger partial charge is 0.293 e. The summed E-state index contributed by atoms with van der Waals surface area (Å²) in [5.74, 6) is -0.701. The number of aryl methyl sites for hydroxylation is 1. The highest BCUT2D eigenvalue weighted by Gasteiger charge is 2.51. The minimum Gasteiger partial charge on any atom is -0.293 e. The van der Waals surface area contributed by atoms with E-state index in [-0.39, 0.29) is 29.0 Å². The third kappa shape index (κ3) is 3.13. The maximum atomic E-state index is 15.0. The van der Waals surface area contributed by atoms with Crippen LogP contribution in [0.3, 0.4) is 0 Å². The lowest BCUT2D eigenvalue weighted by molar-refractivity contribution is -0.121. The Kier molecular flexibility index (Phi) is 4.81. The molecule has 0 spiro atoms. The zero-order chi connectivity index (χ0) is 24.5. The van der Waals surface area contributed by atoms with Gasteiger partial charge in [-0.15, -0.1) is 0 Å². The van der Waals surface area contributed by atoms with Crippen molar-refractivity contribution in [1.29, 1.82) is 5.26 Å². The van der Waals surface area contributed by atoms with Crippen molar-refractivity contribution >= 4 is 27.3 Å². The number of nitriles is 1. The maximum Gasteiger partial charge on any atom is 0.211 e. The summed E-state index contributed by atoms with van der Waals surface area (Å²) in [5, 5.41) is 15.4. The molecule has 3 atom stereocenters. The maximum absolute atomic E-state index is 15.0. The van der Waals surface area contributed by atoms with Gasteiger partial charge in [0.2, 0.25) is 5.13 Å².